The number of fused-ring (bicyclic) bond motifs is 2. The van der Waals surface area contributed by atoms with Crippen LogP contribution in [0.5, 0.6) is 0 Å². The molecular weight excluding hydrogens is 374 g/mol. The molecule has 2 aromatic rings. The predicted octanol–water partition coefficient (Wildman–Crippen LogP) is 4.78. The maximum absolute atomic E-state index is 13.3. The van der Waals surface area contributed by atoms with E-state index in [1.165, 1.54) is 0 Å². The van der Waals surface area contributed by atoms with E-state index in [0.29, 0.717) is 27.4 Å². The van der Waals surface area contributed by atoms with Crippen LogP contribution < -0.4 is 5.32 Å². The Morgan fingerprint density at radius 3 is 2.54 bits per heavy atom. The minimum Gasteiger partial charge on any atom is -0.463 e. The number of halogens is 1. The van der Waals surface area contributed by atoms with Crippen LogP contribution in [0.4, 0.5) is 0 Å². The van der Waals surface area contributed by atoms with Crippen LogP contribution in [0, 0.1) is 6.92 Å². The fourth-order valence-electron chi connectivity index (χ4n) is 3.93. The highest BCUT2D eigenvalue weighted by molar-refractivity contribution is 6.31. The molecule has 0 unspecified atom stereocenters. The van der Waals surface area contributed by atoms with Crippen molar-refractivity contribution in [3.63, 3.8) is 0 Å². The molecule has 0 saturated heterocycles. The van der Waals surface area contributed by atoms with Crippen molar-refractivity contribution in [3.05, 3.63) is 86.6 Å². The molecule has 28 heavy (non-hydrogen) atoms. The fraction of sp³-hybridized carbons (Fsp3) is 0.217. The quantitative estimate of drug-likeness (QED) is 0.762. The molecule has 4 rings (SSSR count). The zero-order valence-electron chi connectivity index (χ0n) is 15.9. The van der Waals surface area contributed by atoms with Gasteiger partial charge in [0, 0.05) is 33.3 Å². The zero-order valence-corrected chi connectivity index (χ0v) is 16.7. The third-order valence-electron chi connectivity index (χ3n) is 5.27. The lowest BCUT2D eigenvalue weighted by Gasteiger charge is -2.29. The van der Waals surface area contributed by atoms with Gasteiger partial charge in [-0.15, -0.1) is 0 Å². The van der Waals surface area contributed by atoms with E-state index in [4.69, 9.17) is 16.3 Å². The highest BCUT2D eigenvalue weighted by Crippen LogP contribution is 2.47. The van der Waals surface area contributed by atoms with E-state index in [2.05, 4.69) is 5.32 Å². The van der Waals surface area contributed by atoms with Crippen LogP contribution in [0.3, 0.4) is 0 Å². The lowest BCUT2D eigenvalue weighted by atomic mass is 9.79. The Hall–Kier alpha value is -2.85. The maximum atomic E-state index is 13.3. The Morgan fingerprint density at radius 2 is 1.86 bits per heavy atom. The standard InChI is InChI=1S/C23H20ClNO3/c1-4-28-23(27)18-13(3)25-21-15-7-5-6-8-16(15)22(26)20(21)19(18)14-10-9-12(2)17(24)11-14/h5-11,19,25H,4H2,1-3H3/t19-/m1/s1. The van der Waals surface area contributed by atoms with Crippen molar-refractivity contribution in [1.29, 1.82) is 0 Å². The van der Waals surface area contributed by atoms with Crippen molar-refractivity contribution in [1.82, 2.24) is 5.32 Å². The second-order valence-electron chi connectivity index (χ2n) is 6.99. The number of hydrogen-bond acceptors (Lipinski definition) is 4. The number of ketones is 1. The van der Waals surface area contributed by atoms with Crippen molar-refractivity contribution in [2.45, 2.75) is 26.7 Å². The van der Waals surface area contributed by atoms with Gasteiger partial charge in [0.15, 0.2) is 5.78 Å². The first-order valence-electron chi connectivity index (χ1n) is 9.23. The van der Waals surface area contributed by atoms with Gasteiger partial charge < -0.3 is 10.1 Å². The summed E-state index contributed by atoms with van der Waals surface area (Å²) in [5, 5.41) is 3.88. The van der Waals surface area contributed by atoms with E-state index in [0.717, 1.165) is 22.4 Å². The van der Waals surface area contributed by atoms with Gasteiger partial charge in [-0.25, -0.2) is 4.79 Å². The molecule has 0 spiro atoms. The predicted molar refractivity (Wildman–Crippen MR) is 109 cm³/mol. The van der Waals surface area contributed by atoms with Gasteiger partial charge in [-0.3, -0.25) is 4.79 Å². The van der Waals surface area contributed by atoms with Crippen molar-refractivity contribution < 1.29 is 14.3 Å². The maximum Gasteiger partial charge on any atom is 0.336 e. The number of benzene rings is 2. The molecule has 1 atom stereocenters. The number of carbonyl (C=O) groups is 2. The van der Waals surface area contributed by atoms with Gasteiger partial charge in [-0.2, -0.15) is 0 Å². The van der Waals surface area contributed by atoms with Gasteiger partial charge in [0.05, 0.1) is 17.9 Å². The van der Waals surface area contributed by atoms with Gasteiger partial charge in [0.2, 0.25) is 0 Å². The highest BCUT2D eigenvalue weighted by atomic mass is 35.5. The molecule has 0 bridgehead atoms. The van der Waals surface area contributed by atoms with Crippen LogP contribution in [0.2, 0.25) is 5.02 Å². The number of nitrogens with one attached hydrogen (secondary N) is 1. The van der Waals surface area contributed by atoms with Crippen molar-refractivity contribution in [3.8, 4) is 0 Å². The molecule has 0 radical (unpaired) electrons. The van der Waals surface area contributed by atoms with Crippen LogP contribution in [0.1, 0.15) is 46.8 Å². The van der Waals surface area contributed by atoms with Crippen LogP contribution in [-0.2, 0) is 9.53 Å². The molecule has 1 aliphatic carbocycles. The summed E-state index contributed by atoms with van der Waals surface area (Å²) in [6.07, 6.45) is 0. The Labute approximate surface area is 168 Å². The van der Waals surface area contributed by atoms with Gasteiger partial charge in [0.25, 0.3) is 0 Å². The van der Waals surface area contributed by atoms with Gasteiger partial charge >= 0.3 is 5.97 Å². The first kappa shape index (κ1) is 18.5. The average molecular weight is 394 g/mol. The van der Waals surface area contributed by atoms with E-state index in [9.17, 15) is 9.59 Å². The number of carbonyl (C=O) groups excluding carboxylic acids is 2. The molecule has 0 amide bonds. The number of ether oxygens (including phenoxy) is 1. The summed E-state index contributed by atoms with van der Waals surface area (Å²) in [7, 11) is 0. The summed E-state index contributed by atoms with van der Waals surface area (Å²) < 4.78 is 5.31. The van der Waals surface area contributed by atoms with E-state index in [-0.39, 0.29) is 12.4 Å². The third kappa shape index (κ3) is 2.76. The first-order chi connectivity index (χ1) is 13.4. The van der Waals surface area contributed by atoms with Gasteiger partial charge in [-0.05, 0) is 38.0 Å². The molecule has 1 N–H and O–H groups in total. The number of Topliss-reactive ketones (excluding diaryl/α,β-unsaturated/α-hetero) is 1. The smallest absolute Gasteiger partial charge is 0.336 e. The van der Waals surface area contributed by atoms with E-state index in [1.54, 1.807) is 6.92 Å². The number of aryl methyl sites for hydroxylation is 1. The highest BCUT2D eigenvalue weighted by Gasteiger charge is 2.42. The van der Waals surface area contributed by atoms with Gasteiger partial charge in [0.1, 0.15) is 0 Å². The second-order valence-corrected chi connectivity index (χ2v) is 7.40. The number of dihydropyridines is 1. The summed E-state index contributed by atoms with van der Waals surface area (Å²) >= 11 is 6.38. The Morgan fingerprint density at radius 1 is 1.14 bits per heavy atom. The van der Waals surface area contributed by atoms with E-state index >= 15 is 0 Å². The van der Waals surface area contributed by atoms with Crippen molar-refractivity contribution in [2.75, 3.05) is 6.61 Å². The van der Waals surface area contributed by atoms with Crippen molar-refractivity contribution in [2.24, 2.45) is 0 Å². The fourth-order valence-corrected chi connectivity index (χ4v) is 4.12. The summed E-state index contributed by atoms with van der Waals surface area (Å²) in [6, 6.07) is 13.1. The molecule has 0 fully saturated rings. The topological polar surface area (TPSA) is 55.4 Å². The number of rotatable bonds is 3. The Balaban J connectivity index is 1.94. The molecule has 1 aliphatic heterocycles. The molecular formula is C23H20ClNO3. The molecule has 2 aliphatic rings. The van der Waals surface area contributed by atoms with Crippen LogP contribution in [0.25, 0.3) is 5.70 Å². The molecule has 2 aromatic carbocycles. The van der Waals surface area contributed by atoms with Crippen LogP contribution >= 0.6 is 11.6 Å². The molecule has 142 valence electrons. The lowest BCUT2D eigenvalue weighted by Crippen LogP contribution is -2.29. The molecule has 0 aromatic heterocycles. The van der Waals surface area contributed by atoms with Crippen LogP contribution in [-0.4, -0.2) is 18.4 Å². The number of esters is 1. The molecule has 0 saturated carbocycles. The largest absolute Gasteiger partial charge is 0.463 e. The number of allylic oxidation sites excluding steroid dienone is 2. The molecule has 1 heterocycles. The average Bonchev–Trinajstić information content (AvgIpc) is 2.95. The summed E-state index contributed by atoms with van der Waals surface area (Å²) in [6.45, 7) is 5.79. The normalized spacial score (nSPS) is 18.0. The van der Waals surface area contributed by atoms with E-state index in [1.807, 2.05) is 56.3 Å². The minimum atomic E-state index is -0.534. The first-order valence-corrected chi connectivity index (χ1v) is 9.61. The molecule has 5 heteroatoms. The number of hydrogen-bond donors (Lipinski definition) is 1. The third-order valence-corrected chi connectivity index (χ3v) is 5.68. The summed E-state index contributed by atoms with van der Waals surface area (Å²) in [4.78, 5) is 26.1. The Bertz CT molecular complexity index is 1080. The SMILES string of the molecule is CCOC(=O)C1=C(C)NC2=C(C(=O)c3ccccc32)[C@@H]1c1ccc(C)c(Cl)c1. The van der Waals surface area contributed by atoms with Crippen molar-refractivity contribution >= 4 is 29.1 Å². The zero-order chi connectivity index (χ0) is 20.0. The Kier molecular flexibility index (Phi) is 4.60. The molecule has 4 nitrogen and oxygen atoms in total. The lowest BCUT2D eigenvalue weighted by molar-refractivity contribution is -0.138. The monoisotopic (exact) mass is 393 g/mol. The van der Waals surface area contributed by atoms with Gasteiger partial charge in [-0.1, -0.05) is 48.0 Å². The second kappa shape index (κ2) is 6.95. The van der Waals surface area contributed by atoms with Crippen LogP contribution in [0.15, 0.2) is 59.3 Å². The summed E-state index contributed by atoms with van der Waals surface area (Å²) in [5.41, 5.74) is 5.68. The summed E-state index contributed by atoms with van der Waals surface area (Å²) in [5.74, 6) is -1.04. The van der Waals surface area contributed by atoms with E-state index < -0.39 is 11.9 Å². The minimum absolute atomic E-state index is 0.0749.